The number of halogens is 1. The van der Waals surface area contributed by atoms with Gasteiger partial charge in [0.25, 0.3) is 0 Å². The molecule has 2 heterocycles. The summed E-state index contributed by atoms with van der Waals surface area (Å²) in [7, 11) is 0. The highest BCUT2D eigenvalue weighted by Crippen LogP contribution is 2.28. The first-order valence-corrected chi connectivity index (χ1v) is 8.82. The molecule has 2 fully saturated rings. The average molecular weight is 341 g/mol. The molecule has 0 aromatic carbocycles. The topological polar surface area (TPSA) is 59.0 Å². The third-order valence-electron chi connectivity index (χ3n) is 5.18. The van der Waals surface area contributed by atoms with E-state index in [0.29, 0.717) is 12.5 Å². The van der Waals surface area contributed by atoms with Gasteiger partial charge in [0, 0.05) is 18.8 Å². The standard InChI is InChI=1S/C17H28N4O.ClH/c22-17(7-6-14-8-11-18-12-9-14)20-15-4-1-2-5-16(15)21-13-3-10-19-21;/h3,10,13-16,18H,1-2,4-9,11-12H2,(H,20,22);1H. The molecular formula is C17H29ClN4O. The molecule has 0 spiro atoms. The molecule has 2 N–H and O–H groups in total. The molecule has 6 heteroatoms. The summed E-state index contributed by atoms with van der Waals surface area (Å²) in [6.45, 7) is 2.21. The summed E-state index contributed by atoms with van der Waals surface area (Å²) in [4.78, 5) is 12.3. The van der Waals surface area contributed by atoms with Gasteiger partial charge in [0.2, 0.25) is 5.91 Å². The van der Waals surface area contributed by atoms with Crippen molar-refractivity contribution in [3.05, 3.63) is 18.5 Å². The molecule has 1 aliphatic carbocycles. The smallest absolute Gasteiger partial charge is 0.220 e. The van der Waals surface area contributed by atoms with Crippen molar-refractivity contribution in [2.75, 3.05) is 13.1 Å². The molecule has 1 aliphatic heterocycles. The van der Waals surface area contributed by atoms with Gasteiger partial charge < -0.3 is 10.6 Å². The minimum absolute atomic E-state index is 0. The van der Waals surface area contributed by atoms with E-state index in [2.05, 4.69) is 15.7 Å². The number of rotatable bonds is 5. The van der Waals surface area contributed by atoms with Crippen LogP contribution in [0, 0.1) is 5.92 Å². The first kappa shape index (κ1) is 18.3. The quantitative estimate of drug-likeness (QED) is 0.866. The lowest BCUT2D eigenvalue weighted by molar-refractivity contribution is -0.122. The molecule has 1 aromatic heterocycles. The number of carbonyl (C=O) groups excluding carboxylic acids is 1. The van der Waals surface area contributed by atoms with Gasteiger partial charge in [-0.15, -0.1) is 12.4 Å². The summed E-state index contributed by atoms with van der Waals surface area (Å²) >= 11 is 0. The molecule has 130 valence electrons. The number of hydrogen-bond donors (Lipinski definition) is 2. The molecule has 1 amide bonds. The van der Waals surface area contributed by atoms with Crippen LogP contribution in [0.3, 0.4) is 0 Å². The van der Waals surface area contributed by atoms with Crippen LogP contribution < -0.4 is 10.6 Å². The van der Waals surface area contributed by atoms with Crippen molar-refractivity contribution >= 4 is 18.3 Å². The minimum Gasteiger partial charge on any atom is -0.351 e. The number of nitrogens with one attached hydrogen (secondary N) is 2. The van der Waals surface area contributed by atoms with Crippen molar-refractivity contribution in [1.29, 1.82) is 0 Å². The first-order chi connectivity index (χ1) is 10.8. The number of nitrogens with zero attached hydrogens (tertiary/aromatic N) is 2. The predicted octanol–water partition coefficient (Wildman–Crippen LogP) is 2.68. The Morgan fingerprint density at radius 2 is 2.00 bits per heavy atom. The highest BCUT2D eigenvalue weighted by Gasteiger charge is 2.28. The Hall–Kier alpha value is -1.07. The molecule has 2 aliphatic rings. The van der Waals surface area contributed by atoms with Crippen molar-refractivity contribution in [3.8, 4) is 0 Å². The van der Waals surface area contributed by atoms with E-state index < -0.39 is 0 Å². The molecule has 23 heavy (non-hydrogen) atoms. The van der Waals surface area contributed by atoms with Crippen molar-refractivity contribution < 1.29 is 4.79 Å². The van der Waals surface area contributed by atoms with Crippen LogP contribution in [0.4, 0.5) is 0 Å². The molecular weight excluding hydrogens is 312 g/mol. The first-order valence-electron chi connectivity index (χ1n) is 8.82. The largest absolute Gasteiger partial charge is 0.351 e. The van der Waals surface area contributed by atoms with E-state index in [1.807, 2.05) is 23.1 Å². The normalized spacial score (nSPS) is 25.6. The summed E-state index contributed by atoms with van der Waals surface area (Å²) in [5, 5.41) is 11.0. The number of aromatic nitrogens is 2. The van der Waals surface area contributed by atoms with E-state index in [1.165, 1.54) is 25.7 Å². The minimum atomic E-state index is 0. The van der Waals surface area contributed by atoms with E-state index >= 15 is 0 Å². The van der Waals surface area contributed by atoms with Gasteiger partial charge in [0.15, 0.2) is 0 Å². The fraction of sp³-hybridized carbons (Fsp3) is 0.765. The highest BCUT2D eigenvalue weighted by molar-refractivity contribution is 5.85. The van der Waals surface area contributed by atoms with Crippen molar-refractivity contribution in [2.45, 2.75) is 63.5 Å². The summed E-state index contributed by atoms with van der Waals surface area (Å²) < 4.78 is 2.02. The van der Waals surface area contributed by atoms with Crippen molar-refractivity contribution in [1.82, 2.24) is 20.4 Å². The molecule has 0 radical (unpaired) electrons. The average Bonchev–Trinajstić information content (AvgIpc) is 3.09. The number of carbonyl (C=O) groups is 1. The van der Waals surface area contributed by atoms with Gasteiger partial charge in [-0.1, -0.05) is 12.8 Å². The number of amides is 1. The molecule has 1 aromatic rings. The number of hydrogen-bond acceptors (Lipinski definition) is 3. The lowest BCUT2D eigenvalue weighted by Crippen LogP contribution is -2.43. The summed E-state index contributed by atoms with van der Waals surface area (Å²) in [5.41, 5.74) is 0. The van der Waals surface area contributed by atoms with E-state index in [0.717, 1.165) is 38.3 Å². The maximum atomic E-state index is 12.3. The second-order valence-corrected chi connectivity index (χ2v) is 6.74. The van der Waals surface area contributed by atoms with Crippen LogP contribution in [0.1, 0.15) is 57.4 Å². The van der Waals surface area contributed by atoms with E-state index in [-0.39, 0.29) is 24.4 Å². The summed E-state index contributed by atoms with van der Waals surface area (Å²) in [6, 6.07) is 2.53. The van der Waals surface area contributed by atoms with Gasteiger partial charge >= 0.3 is 0 Å². The summed E-state index contributed by atoms with van der Waals surface area (Å²) in [6.07, 6.45) is 12.6. The SMILES string of the molecule is Cl.O=C(CCC1CCNCC1)NC1CCCCC1n1cccn1. The second-order valence-electron chi connectivity index (χ2n) is 6.74. The summed E-state index contributed by atoms with van der Waals surface area (Å²) in [5.74, 6) is 0.947. The van der Waals surface area contributed by atoms with Crippen LogP contribution in [-0.2, 0) is 4.79 Å². The number of piperidine rings is 1. The lowest BCUT2D eigenvalue weighted by Gasteiger charge is -2.32. The Morgan fingerprint density at radius 1 is 1.22 bits per heavy atom. The maximum Gasteiger partial charge on any atom is 0.220 e. The Kier molecular flexibility index (Phi) is 7.37. The van der Waals surface area contributed by atoms with E-state index in [4.69, 9.17) is 0 Å². The van der Waals surface area contributed by atoms with Gasteiger partial charge in [-0.25, -0.2) is 0 Å². The van der Waals surface area contributed by atoms with Gasteiger partial charge in [0.05, 0.1) is 12.1 Å². The molecule has 0 bridgehead atoms. The zero-order valence-corrected chi connectivity index (χ0v) is 14.6. The van der Waals surface area contributed by atoms with Gasteiger partial charge in [-0.3, -0.25) is 9.48 Å². The monoisotopic (exact) mass is 340 g/mol. The van der Waals surface area contributed by atoms with Crippen LogP contribution in [0.2, 0.25) is 0 Å². The zero-order valence-electron chi connectivity index (χ0n) is 13.7. The van der Waals surface area contributed by atoms with Gasteiger partial charge in [0.1, 0.15) is 0 Å². The molecule has 2 unspecified atom stereocenters. The second kappa shape index (κ2) is 9.28. The van der Waals surface area contributed by atoms with Crippen molar-refractivity contribution in [2.24, 2.45) is 5.92 Å². The Balaban J connectivity index is 0.00000192. The van der Waals surface area contributed by atoms with Crippen LogP contribution in [0.25, 0.3) is 0 Å². The maximum absolute atomic E-state index is 12.3. The Bertz CT molecular complexity index is 459. The van der Waals surface area contributed by atoms with Crippen LogP contribution in [0.5, 0.6) is 0 Å². The Morgan fingerprint density at radius 3 is 2.74 bits per heavy atom. The Labute approximate surface area is 145 Å². The van der Waals surface area contributed by atoms with Crippen LogP contribution >= 0.6 is 12.4 Å². The molecule has 1 saturated carbocycles. The fourth-order valence-electron chi connectivity index (χ4n) is 3.86. The van der Waals surface area contributed by atoms with Gasteiger partial charge in [-0.2, -0.15) is 5.10 Å². The fourth-order valence-corrected chi connectivity index (χ4v) is 3.86. The van der Waals surface area contributed by atoms with Crippen LogP contribution in [0.15, 0.2) is 18.5 Å². The third-order valence-corrected chi connectivity index (χ3v) is 5.18. The molecule has 2 atom stereocenters. The van der Waals surface area contributed by atoms with Crippen molar-refractivity contribution in [3.63, 3.8) is 0 Å². The molecule has 5 nitrogen and oxygen atoms in total. The van der Waals surface area contributed by atoms with Crippen LogP contribution in [-0.4, -0.2) is 34.8 Å². The highest BCUT2D eigenvalue weighted by atomic mass is 35.5. The third kappa shape index (κ3) is 5.21. The predicted molar refractivity (Wildman–Crippen MR) is 93.7 cm³/mol. The van der Waals surface area contributed by atoms with E-state index in [9.17, 15) is 4.79 Å². The molecule has 1 saturated heterocycles. The van der Waals surface area contributed by atoms with E-state index in [1.54, 1.807) is 0 Å². The zero-order chi connectivity index (χ0) is 15.2. The van der Waals surface area contributed by atoms with Gasteiger partial charge in [-0.05, 0) is 57.2 Å². The lowest BCUT2D eigenvalue weighted by atomic mass is 9.89. The molecule has 3 rings (SSSR count).